The molecular formula is C51H40P2. The quantitative estimate of drug-likeness (QED) is 0.156. The highest BCUT2D eigenvalue weighted by molar-refractivity contribution is 7.70. The Morgan fingerprint density at radius 1 is 0.415 bits per heavy atom. The van der Waals surface area contributed by atoms with Crippen molar-refractivity contribution in [3.63, 3.8) is 0 Å². The number of benzene rings is 8. The number of hydrogen-bond acceptors (Lipinski definition) is 0. The van der Waals surface area contributed by atoms with E-state index in [0.717, 1.165) is 31.1 Å². The second-order valence-electron chi connectivity index (χ2n) is 15.3. The van der Waals surface area contributed by atoms with Crippen LogP contribution in [-0.4, -0.2) is 0 Å². The summed E-state index contributed by atoms with van der Waals surface area (Å²) in [6.45, 7) is 2.37. The second-order valence-corrected chi connectivity index (χ2v) is 19.7. The van der Waals surface area contributed by atoms with Gasteiger partial charge in [0.25, 0.3) is 0 Å². The summed E-state index contributed by atoms with van der Waals surface area (Å²) in [5, 5.41) is 14.3. The van der Waals surface area contributed by atoms with Gasteiger partial charge in [0.2, 0.25) is 0 Å². The van der Waals surface area contributed by atoms with Crippen LogP contribution >= 0.6 is 15.8 Å². The van der Waals surface area contributed by atoms with Gasteiger partial charge < -0.3 is 0 Å². The summed E-state index contributed by atoms with van der Waals surface area (Å²) in [6, 6.07) is 56.2. The molecule has 2 unspecified atom stereocenters. The molecule has 0 bridgehead atoms. The van der Waals surface area contributed by atoms with Crippen molar-refractivity contribution in [2.24, 2.45) is 5.92 Å². The predicted octanol–water partition coefficient (Wildman–Crippen LogP) is 11.7. The van der Waals surface area contributed by atoms with Gasteiger partial charge in [-0.15, -0.1) is 0 Å². The topological polar surface area (TPSA) is 0 Å². The summed E-state index contributed by atoms with van der Waals surface area (Å²) < 4.78 is 0. The molecule has 2 heterocycles. The van der Waals surface area contributed by atoms with Crippen LogP contribution in [0.3, 0.4) is 0 Å². The van der Waals surface area contributed by atoms with E-state index in [4.69, 9.17) is 0 Å². The van der Waals surface area contributed by atoms with E-state index < -0.39 is 15.8 Å². The van der Waals surface area contributed by atoms with Gasteiger partial charge in [-0.25, -0.2) is 0 Å². The van der Waals surface area contributed by atoms with E-state index >= 15 is 0 Å². The highest BCUT2D eigenvalue weighted by atomic mass is 31.1. The lowest BCUT2D eigenvalue weighted by atomic mass is 9.87. The Morgan fingerprint density at radius 2 is 0.811 bits per heavy atom. The molecule has 0 amide bonds. The third-order valence-corrected chi connectivity index (χ3v) is 17.3. The van der Waals surface area contributed by atoms with Crippen molar-refractivity contribution in [3.8, 4) is 22.3 Å². The molecule has 53 heavy (non-hydrogen) atoms. The maximum Gasteiger partial charge on any atom is -0.00232 e. The number of fused-ring (bicyclic) bond motifs is 14. The van der Waals surface area contributed by atoms with Gasteiger partial charge in [-0.2, -0.15) is 0 Å². The van der Waals surface area contributed by atoms with Crippen LogP contribution in [0.25, 0.3) is 66.7 Å². The van der Waals surface area contributed by atoms with Crippen LogP contribution < -0.4 is 21.0 Å². The van der Waals surface area contributed by atoms with Crippen molar-refractivity contribution in [3.05, 3.63) is 178 Å². The standard InChI is InChI=1S/C51H40P2/c1-33-18-19-37-23-27-41-32-53(31-40-26-22-36-12-4-7-15-44(36)50(40)51(41)45(37)28-33)47-17-9-8-16-46(47)52-29-38-24-20-34-10-2-5-13-42(34)48(38)49-39(30-52)25-21-35-11-3-6-14-43(35)49/h2-17,19-28,33H,18,29-32H2,1H3. The van der Waals surface area contributed by atoms with Crippen LogP contribution in [-0.2, 0) is 24.6 Å². The first-order chi connectivity index (χ1) is 26.2. The van der Waals surface area contributed by atoms with Crippen molar-refractivity contribution in [1.82, 2.24) is 0 Å². The van der Waals surface area contributed by atoms with Crippen molar-refractivity contribution in [1.29, 1.82) is 0 Å². The molecule has 0 fully saturated rings. The van der Waals surface area contributed by atoms with Gasteiger partial charge in [0.15, 0.2) is 0 Å². The van der Waals surface area contributed by atoms with Gasteiger partial charge in [0, 0.05) is 0 Å². The van der Waals surface area contributed by atoms with Gasteiger partial charge in [-0.05, 0) is 135 Å². The van der Waals surface area contributed by atoms with E-state index in [1.54, 1.807) is 10.6 Å². The van der Waals surface area contributed by atoms with E-state index in [2.05, 4.69) is 165 Å². The molecule has 0 nitrogen and oxygen atoms in total. The van der Waals surface area contributed by atoms with Crippen LogP contribution in [0.15, 0.2) is 146 Å². The molecule has 0 spiro atoms. The monoisotopic (exact) mass is 714 g/mol. The minimum atomic E-state index is -0.504. The number of rotatable bonds is 2. The Morgan fingerprint density at radius 3 is 1.30 bits per heavy atom. The molecule has 3 aliphatic rings. The van der Waals surface area contributed by atoms with E-state index in [9.17, 15) is 0 Å². The van der Waals surface area contributed by atoms with Gasteiger partial charge in [-0.1, -0.05) is 181 Å². The molecule has 0 aromatic heterocycles. The first-order valence-electron chi connectivity index (χ1n) is 19.1. The zero-order valence-electron chi connectivity index (χ0n) is 30.0. The molecule has 2 heteroatoms. The van der Waals surface area contributed by atoms with Crippen molar-refractivity contribution in [2.45, 2.75) is 38.0 Å². The summed E-state index contributed by atoms with van der Waals surface area (Å²) >= 11 is 0. The fourth-order valence-electron chi connectivity index (χ4n) is 9.64. The highest BCUT2D eigenvalue weighted by Crippen LogP contribution is 2.55. The largest absolute Gasteiger partial charge is 0.0761 e. The summed E-state index contributed by atoms with van der Waals surface area (Å²) in [5.74, 6) is 0.552. The van der Waals surface area contributed by atoms with E-state index in [1.807, 2.05) is 0 Å². The van der Waals surface area contributed by atoms with Crippen molar-refractivity contribution in [2.75, 3.05) is 0 Å². The molecule has 0 saturated carbocycles. The average Bonchev–Trinajstić information content (AvgIpc) is 3.49. The number of hydrogen-bond donors (Lipinski definition) is 0. The van der Waals surface area contributed by atoms with Crippen LogP contribution in [0, 0.1) is 5.92 Å². The highest BCUT2D eigenvalue weighted by Gasteiger charge is 2.31. The Bertz CT molecular complexity index is 2830. The lowest BCUT2D eigenvalue weighted by Gasteiger charge is -2.26. The molecule has 0 radical (unpaired) electrons. The molecule has 8 aromatic carbocycles. The van der Waals surface area contributed by atoms with Gasteiger partial charge in [0.1, 0.15) is 0 Å². The molecule has 1 aliphatic carbocycles. The van der Waals surface area contributed by atoms with E-state index in [1.165, 1.54) is 87.3 Å². The lowest BCUT2D eigenvalue weighted by Crippen LogP contribution is -2.31. The predicted molar refractivity (Wildman–Crippen MR) is 233 cm³/mol. The van der Waals surface area contributed by atoms with Crippen LogP contribution in [0.1, 0.15) is 35.6 Å². The molecule has 11 rings (SSSR count). The van der Waals surface area contributed by atoms with Crippen LogP contribution in [0.2, 0.25) is 0 Å². The van der Waals surface area contributed by atoms with Crippen LogP contribution in [0.5, 0.6) is 0 Å². The first kappa shape index (κ1) is 31.6. The molecule has 254 valence electrons. The third kappa shape index (κ3) is 5.18. The Labute approximate surface area is 314 Å². The van der Waals surface area contributed by atoms with E-state index in [0.29, 0.717) is 5.92 Å². The molecule has 2 atom stereocenters. The summed E-state index contributed by atoms with van der Waals surface area (Å²) in [7, 11) is -1.00. The van der Waals surface area contributed by atoms with Gasteiger partial charge in [0.05, 0.1) is 0 Å². The SMILES string of the molecule is CC1C=c2c3c(ccc2=CC1)CP(c1ccccc1P1Cc2ccc4ccccc4c2-c2c(ccc4ccccc24)C1)Cc1ccc2ccccc2c1-3. The molecule has 8 aromatic rings. The second kappa shape index (κ2) is 12.6. The normalized spacial score (nSPS) is 17.8. The van der Waals surface area contributed by atoms with Crippen LogP contribution in [0.4, 0.5) is 0 Å². The Hall–Kier alpha value is -4.86. The average molecular weight is 715 g/mol. The molecule has 2 aliphatic heterocycles. The maximum atomic E-state index is 2.57. The minimum absolute atomic E-state index is 0.500. The van der Waals surface area contributed by atoms with Gasteiger partial charge in [-0.3, -0.25) is 0 Å². The molecule has 0 N–H and O–H groups in total. The fraction of sp³-hybridized carbons (Fsp3) is 0.137. The fourth-order valence-corrected chi connectivity index (χ4v) is 15.5. The third-order valence-electron chi connectivity index (χ3n) is 12.1. The zero-order valence-corrected chi connectivity index (χ0v) is 31.8. The smallest absolute Gasteiger partial charge is 0.00232 e. The Kier molecular flexibility index (Phi) is 7.54. The maximum absolute atomic E-state index is 2.57. The zero-order chi connectivity index (χ0) is 35.0. The summed E-state index contributed by atoms with van der Waals surface area (Å²) in [4.78, 5) is 0. The van der Waals surface area contributed by atoms with Gasteiger partial charge >= 0.3 is 0 Å². The molecule has 0 saturated heterocycles. The Balaban J connectivity index is 1.11. The van der Waals surface area contributed by atoms with E-state index in [-0.39, 0.29) is 0 Å². The van der Waals surface area contributed by atoms with Crippen molar-refractivity contribution >= 4 is 70.9 Å². The summed E-state index contributed by atoms with van der Waals surface area (Å²) in [5.41, 5.74) is 12.0. The summed E-state index contributed by atoms with van der Waals surface area (Å²) in [6.07, 6.45) is 10.6. The molecular weight excluding hydrogens is 675 g/mol. The minimum Gasteiger partial charge on any atom is -0.0761 e. The first-order valence-corrected chi connectivity index (χ1v) is 22.6. The van der Waals surface area contributed by atoms with Crippen molar-refractivity contribution < 1.29 is 0 Å². The lowest BCUT2D eigenvalue weighted by molar-refractivity contribution is 0.800.